The van der Waals surface area contributed by atoms with Gasteiger partial charge in [-0.1, -0.05) is 6.08 Å². The number of hydrogen-bond acceptors (Lipinski definition) is 5. The molecule has 0 unspecified atom stereocenters. The van der Waals surface area contributed by atoms with Crippen molar-refractivity contribution in [2.45, 2.75) is 6.54 Å². The summed E-state index contributed by atoms with van der Waals surface area (Å²) >= 11 is 1.48. The number of furan rings is 1. The van der Waals surface area contributed by atoms with Crippen LogP contribution in [0, 0.1) is 0 Å². The fraction of sp³-hybridized carbons (Fsp3) is 0.231. The molecule has 0 saturated carbocycles. The van der Waals surface area contributed by atoms with E-state index in [9.17, 15) is 4.79 Å². The van der Waals surface area contributed by atoms with Gasteiger partial charge >= 0.3 is 5.97 Å². The highest BCUT2D eigenvalue weighted by atomic mass is 32.1. The first-order valence-corrected chi connectivity index (χ1v) is 6.60. The molecule has 0 amide bonds. The summed E-state index contributed by atoms with van der Waals surface area (Å²) in [7, 11) is 0. The van der Waals surface area contributed by atoms with Gasteiger partial charge in [-0.15, -0.1) is 17.9 Å². The van der Waals surface area contributed by atoms with Crippen molar-refractivity contribution in [3.63, 3.8) is 0 Å². The fourth-order valence-electron chi connectivity index (χ4n) is 1.68. The molecule has 100 valence electrons. The van der Waals surface area contributed by atoms with E-state index in [0.29, 0.717) is 13.1 Å². The van der Waals surface area contributed by atoms with Crippen molar-refractivity contribution < 1.29 is 14.3 Å². The van der Waals surface area contributed by atoms with Crippen LogP contribution in [0.1, 0.15) is 5.69 Å². The molecular weight excluding hydrogens is 264 g/mol. The van der Waals surface area contributed by atoms with E-state index in [1.54, 1.807) is 17.2 Å². The second-order valence-electron chi connectivity index (χ2n) is 3.97. The number of nitrogens with zero attached hydrogens (tertiary/aromatic N) is 2. The molecule has 19 heavy (non-hydrogen) atoms. The Hall–Kier alpha value is -1.92. The van der Waals surface area contributed by atoms with Crippen LogP contribution in [-0.4, -0.2) is 34.0 Å². The molecule has 0 spiro atoms. The topological polar surface area (TPSA) is 66.6 Å². The van der Waals surface area contributed by atoms with E-state index in [2.05, 4.69) is 11.6 Å². The number of carboxylic acid groups (broad SMARTS) is 1. The number of aliphatic carboxylic acids is 1. The van der Waals surface area contributed by atoms with Gasteiger partial charge in [0.25, 0.3) is 0 Å². The van der Waals surface area contributed by atoms with Crippen LogP contribution in [0.5, 0.6) is 0 Å². The van der Waals surface area contributed by atoms with Crippen molar-refractivity contribution in [3.05, 3.63) is 42.1 Å². The number of thiazole rings is 1. The molecule has 0 aliphatic carbocycles. The molecule has 0 fully saturated rings. The minimum Gasteiger partial charge on any atom is -0.480 e. The zero-order chi connectivity index (χ0) is 13.7. The van der Waals surface area contributed by atoms with Crippen LogP contribution in [0.4, 0.5) is 0 Å². The average molecular weight is 278 g/mol. The van der Waals surface area contributed by atoms with Gasteiger partial charge in [0.1, 0.15) is 0 Å². The number of carboxylic acids is 1. The van der Waals surface area contributed by atoms with E-state index in [-0.39, 0.29) is 6.54 Å². The lowest BCUT2D eigenvalue weighted by molar-refractivity contribution is -0.138. The highest BCUT2D eigenvalue weighted by molar-refractivity contribution is 7.13. The van der Waals surface area contributed by atoms with Gasteiger partial charge in [0.2, 0.25) is 0 Å². The first kappa shape index (κ1) is 13.5. The number of carbonyl (C=O) groups is 1. The van der Waals surface area contributed by atoms with E-state index < -0.39 is 5.97 Å². The maximum absolute atomic E-state index is 10.8. The minimum absolute atomic E-state index is 0.0281. The maximum atomic E-state index is 10.8. The molecule has 0 bridgehead atoms. The van der Waals surface area contributed by atoms with Crippen LogP contribution in [0.15, 0.2) is 40.8 Å². The summed E-state index contributed by atoms with van der Waals surface area (Å²) in [6.07, 6.45) is 3.29. The summed E-state index contributed by atoms with van der Waals surface area (Å²) in [5.41, 5.74) is 0.833. The largest absolute Gasteiger partial charge is 0.480 e. The van der Waals surface area contributed by atoms with Gasteiger partial charge < -0.3 is 9.52 Å². The maximum Gasteiger partial charge on any atom is 0.317 e. The summed E-state index contributed by atoms with van der Waals surface area (Å²) in [5.74, 6) is -0.131. The molecule has 0 aromatic carbocycles. The Morgan fingerprint density at radius 3 is 3.11 bits per heavy atom. The lowest BCUT2D eigenvalue weighted by atomic mass is 10.4. The third-order valence-electron chi connectivity index (χ3n) is 2.42. The van der Waals surface area contributed by atoms with Gasteiger partial charge in [0, 0.05) is 18.5 Å². The van der Waals surface area contributed by atoms with Crippen molar-refractivity contribution in [1.29, 1.82) is 0 Å². The molecule has 2 heterocycles. The number of aromatic nitrogens is 1. The van der Waals surface area contributed by atoms with Crippen molar-refractivity contribution in [1.82, 2.24) is 9.88 Å². The van der Waals surface area contributed by atoms with Gasteiger partial charge in [-0.2, -0.15) is 0 Å². The lowest BCUT2D eigenvalue weighted by Crippen LogP contribution is -2.29. The van der Waals surface area contributed by atoms with Gasteiger partial charge in [-0.25, -0.2) is 4.98 Å². The molecule has 5 nitrogen and oxygen atoms in total. The van der Waals surface area contributed by atoms with Crippen LogP contribution in [-0.2, 0) is 11.3 Å². The lowest BCUT2D eigenvalue weighted by Gasteiger charge is -2.16. The van der Waals surface area contributed by atoms with E-state index in [1.807, 2.05) is 17.5 Å². The molecule has 0 saturated heterocycles. The van der Waals surface area contributed by atoms with Crippen molar-refractivity contribution in [2.24, 2.45) is 0 Å². The Balaban J connectivity index is 2.05. The fourth-order valence-corrected chi connectivity index (χ4v) is 2.46. The van der Waals surface area contributed by atoms with Gasteiger partial charge in [0.15, 0.2) is 10.8 Å². The van der Waals surface area contributed by atoms with Crippen LogP contribution in [0.3, 0.4) is 0 Å². The van der Waals surface area contributed by atoms with Gasteiger partial charge in [-0.05, 0) is 12.1 Å². The summed E-state index contributed by atoms with van der Waals surface area (Å²) in [6.45, 7) is 4.60. The van der Waals surface area contributed by atoms with Gasteiger partial charge in [0.05, 0.1) is 18.5 Å². The van der Waals surface area contributed by atoms with Crippen LogP contribution in [0.25, 0.3) is 10.8 Å². The zero-order valence-corrected chi connectivity index (χ0v) is 11.1. The monoisotopic (exact) mass is 278 g/mol. The molecule has 2 rings (SSSR count). The van der Waals surface area contributed by atoms with Crippen molar-refractivity contribution in [3.8, 4) is 10.8 Å². The third-order valence-corrected chi connectivity index (χ3v) is 3.32. The van der Waals surface area contributed by atoms with Crippen molar-refractivity contribution >= 4 is 17.3 Å². The third kappa shape index (κ3) is 3.77. The molecular formula is C13H14N2O3S. The van der Waals surface area contributed by atoms with E-state index in [4.69, 9.17) is 9.52 Å². The Bertz CT molecular complexity index is 548. The average Bonchev–Trinajstić information content (AvgIpc) is 2.97. The smallest absolute Gasteiger partial charge is 0.317 e. The molecule has 6 heteroatoms. The van der Waals surface area contributed by atoms with E-state index in [1.165, 1.54) is 11.3 Å². The molecule has 2 aromatic rings. The predicted octanol–water partition coefficient (Wildman–Crippen LogP) is 2.48. The summed E-state index contributed by atoms with van der Waals surface area (Å²) in [4.78, 5) is 17.0. The van der Waals surface area contributed by atoms with Crippen LogP contribution < -0.4 is 0 Å². The van der Waals surface area contributed by atoms with E-state index in [0.717, 1.165) is 16.5 Å². The molecule has 1 N–H and O–H groups in total. The van der Waals surface area contributed by atoms with Crippen LogP contribution >= 0.6 is 11.3 Å². The zero-order valence-electron chi connectivity index (χ0n) is 10.3. The molecule has 0 aliphatic rings. The second-order valence-corrected chi connectivity index (χ2v) is 4.83. The molecule has 0 atom stereocenters. The van der Waals surface area contributed by atoms with Crippen molar-refractivity contribution in [2.75, 3.05) is 13.1 Å². The van der Waals surface area contributed by atoms with E-state index >= 15 is 0 Å². The Morgan fingerprint density at radius 1 is 1.63 bits per heavy atom. The predicted molar refractivity (Wildman–Crippen MR) is 72.9 cm³/mol. The van der Waals surface area contributed by atoms with Gasteiger partial charge in [-0.3, -0.25) is 9.69 Å². The summed E-state index contributed by atoms with van der Waals surface area (Å²) in [6, 6.07) is 3.66. The highest BCUT2D eigenvalue weighted by Crippen LogP contribution is 2.24. The number of hydrogen-bond donors (Lipinski definition) is 1. The molecule has 0 aliphatic heterocycles. The highest BCUT2D eigenvalue weighted by Gasteiger charge is 2.12. The second kappa shape index (κ2) is 6.31. The first-order chi connectivity index (χ1) is 9.19. The summed E-state index contributed by atoms with van der Waals surface area (Å²) < 4.78 is 5.27. The quantitative estimate of drug-likeness (QED) is 0.788. The molecule has 0 radical (unpaired) electrons. The summed E-state index contributed by atoms with van der Waals surface area (Å²) in [5, 5.41) is 11.5. The normalized spacial score (nSPS) is 10.8. The Morgan fingerprint density at radius 2 is 2.47 bits per heavy atom. The Labute approximate surface area is 114 Å². The van der Waals surface area contributed by atoms with Crippen LogP contribution in [0.2, 0.25) is 0 Å². The standard InChI is InChI=1S/C13H14N2O3S/c1-2-5-15(8-12(16)17)7-10-9-19-13(14-10)11-4-3-6-18-11/h2-4,6,9H,1,5,7-8H2,(H,16,17). The number of rotatable bonds is 7. The first-order valence-electron chi connectivity index (χ1n) is 5.72. The minimum atomic E-state index is -0.858. The SMILES string of the molecule is C=CCN(CC(=O)O)Cc1csc(-c2ccco2)n1. The Kier molecular flexibility index (Phi) is 4.48. The molecule has 2 aromatic heterocycles.